The molecule has 0 saturated heterocycles. The molecule has 0 spiro atoms. The predicted octanol–water partition coefficient (Wildman–Crippen LogP) is 3.51. The van der Waals surface area contributed by atoms with Crippen LogP contribution in [0.3, 0.4) is 0 Å². The number of anilines is 1. The second kappa shape index (κ2) is 5.29. The van der Waals surface area contributed by atoms with Gasteiger partial charge in [-0.1, -0.05) is 26.0 Å². The van der Waals surface area contributed by atoms with E-state index in [1.165, 1.54) is 0 Å². The Morgan fingerprint density at radius 1 is 1.42 bits per heavy atom. The molecule has 0 radical (unpaired) electrons. The van der Waals surface area contributed by atoms with Gasteiger partial charge >= 0.3 is 0 Å². The number of nitrogens with one attached hydrogen (secondary N) is 1. The monoisotopic (exact) mass is 167 g/mol. The second-order valence-electron chi connectivity index (χ2n) is 2.12. The minimum atomic E-state index is 0. The van der Waals surface area contributed by atoms with E-state index in [1.807, 2.05) is 32.9 Å². The summed E-state index contributed by atoms with van der Waals surface area (Å²) in [6, 6.07) is 5.46. The van der Waals surface area contributed by atoms with Crippen molar-refractivity contribution in [3.8, 4) is 0 Å². The SMILES string of the molecule is CC.Cc1cccc(N)c1N=N.[HH]. The van der Waals surface area contributed by atoms with Crippen molar-refractivity contribution in [3.05, 3.63) is 23.8 Å². The first-order chi connectivity index (χ1) is 5.75. The molecule has 0 atom stereocenters. The summed E-state index contributed by atoms with van der Waals surface area (Å²) in [7, 11) is 0. The first-order valence-electron chi connectivity index (χ1n) is 3.98. The van der Waals surface area contributed by atoms with Gasteiger partial charge < -0.3 is 5.73 Å². The van der Waals surface area contributed by atoms with Crippen LogP contribution in [0.25, 0.3) is 0 Å². The lowest BCUT2D eigenvalue weighted by molar-refractivity contribution is 1.14. The number of nitrogens with zero attached hydrogens (tertiary/aromatic N) is 1. The van der Waals surface area contributed by atoms with E-state index in [2.05, 4.69) is 5.11 Å². The Hall–Kier alpha value is -1.38. The van der Waals surface area contributed by atoms with E-state index in [4.69, 9.17) is 11.3 Å². The van der Waals surface area contributed by atoms with Crippen LogP contribution in [0.1, 0.15) is 20.8 Å². The number of hydrogen-bond acceptors (Lipinski definition) is 3. The lowest BCUT2D eigenvalue weighted by Gasteiger charge is -1.99. The van der Waals surface area contributed by atoms with E-state index in [9.17, 15) is 0 Å². The van der Waals surface area contributed by atoms with Gasteiger partial charge in [-0.25, -0.2) is 5.53 Å². The zero-order valence-corrected chi connectivity index (χ0v) is 7.76. The van der Waals surface area contributed by atoms with Crippen LogP contribution in [0, 0.1) is 12.5 Å². The maximum absolute atomic E-state index is 6.77. The van der Waals surface area contributed by atoms with Gasteiger partial charge in [0, 0.05) is 1.43 Å². The Kier molecular flexibility index (Phi) is 4.69. The predicted molar refractivity (Wildman–Crippen MR) is 53.9 cm³/mol. The molecule has 1 aromatic rings. The molecule has 0 amide bonds. The Morgan fingerprint density at radius 3 is 2.33 bits per heavy atom. The Bertz CT molecular complexity index is 241. The number of nitrogen functional groups attached to an aromatic ring is 1. The fraction of sp³-hybridized carbons (Fsp3) is 0.333. The molecule has 0 bridgehead atoms. The van der Waals surface area contributed by atoms with Crippen molar-refractivity contribution >= 4 is 11.4 Å². The van der Waals surface area contributed by atoms with E-state index in [0.29, 0.717) is 11.4 Å². The van der Waals surface area contributed by atoms with Gasteiger partial charge in [0.2, 0.25) is 0 Å². The molecule has 3 heteroatoms. The van der Waals surface area contributed by atoms with E-state index in [0.717, 1.165) is 5.56 Å². The molecular weight excluding hydrogens is 150 g/mol. The molecule has 3 N–H and O–H groups in total. The summed E-state index contributed by atoms with van der Waals surface area (Å²) in [6.07, 6.45) is 0. The van der Waals surface area contributed by atoms with Crippen LogP contribution in [0.4, 0.5) is 11.4 Å². The van der Waals surface area contributed by atoms with Gasteiger partial charge in [0.05, 0.1) is 5.69 Å². The first-order valence-corrected chi connectivity index (χ1v) is 3.98. The van der Waals surface area contributed by atoms with Crippen LogP contribution in [-0.2, 0) is 0 Å². The molecule has 1 rings (SSSR count). The summed E-state index contributed by atoms with van der Waals surface area (Å²) in [5.74, 6) is 0. The smallest absolute Gasteiger partial charge is 0.111 e. The highest BCUT2D eigenvalue weighted by molar-refractivity contribution is 5.65. The molecule has 0 saturated carbocycles. The zero-order chi connectivity index (χ0) is 9.56. The number of para-hydroxylation sites is 1. The van der Waals surface area contributed by atoms with Gasteiger partial charge in [0.25, 0.3) is 0 Å². The topological polar surface area (TPSA) is 62.2 Å². The molecule has 0 aromatic heterocycles. The standard InChI is InChI=1S/C7H9N3.C2H6.H2/c1-5-3-2-4-6(8)7(5)10-9;1-2;/h2-4,9H,8H2,1H3;1-2H3;1H. The van der Waals surface area contributed by atoms with Crippen LogP contribution in [-0.4, -0.2) is 0 Å². The van der Waals surface area contributed by atoms with Gasteiger partial charge in [-0.2, -0.15) is 5.11 Å². The van der Waals surface area contributed by atoms with Gasteiger partial charge in [0.15, 0.2) is 0 Å². The average Bonchev–Trinajstić information content (AvgIpc) is 2.08. The highest BCUT2D eigenvalue weighted by Gasteiger charge is 1.98. The minimum absolute atomic E-state index is 0. The number of hydrogen-bond donors (Lipinski definition) is 2. The number of rotatable bonds is 1. The maximum Gasteiger partial charge on any atom is 0.111 e. The third-order valence-electron chi connectivity index (χ3n) is 1.38. The van der Waals surface area contributed by atoms with Crippen molar-refractivity contribution in [2.45, 2.75) is 20.8 Å². The quantitative estimate of drug-likeness (QED) is 0.488. The summed E-state index contributed by atoms with van der Waals surface area (Å²) in [4.78, 5) is 0. The Labute approximate surface area is 74.6 Å². The summed E-state index contributed by atoms with van der Waals surface area (Å²) in [6.45, 7) is 5.88. The van der Waals surface area contributed by atoms with E-state index < -0.39 is 0 Å². The summed E-state index contributed by atoms with van der Waals surface area (Å²) < 4.78 is 0. The third-order valence-corrected chi connectivity index (χ3v) is 1.38. The van der Waals surface area contributed by atoms with Crippen LogP contribution < -0.4 is 5.73 Å². The molecule has 0 aliphatic rings. The minimum Gasteiger partial charge on any atom is -0.397 e. The molecule has 12 heavy (non-hydrogen) atoms. The Morgan fingerprint density at radius 2 is 2.00 bits per heavy atom. The van der Waals surface area contributed by atoms with Crippen molar-refractivity contribution in [3.63, 3.8) is 0 Å². The van der Waals surface area contributed by atoms with E-state index in [1.54, 1.807) is 6.07 Å². The van der Waals surface area contributed by atoms with Crippen molar-refractivity contribution in [2.75, 3.05) is 5.73 Å². The normalized spacial score (nSPS) is 8.25. The van der Waals surface area contributed by atoms with Crippen LogP contribution in [0.15, 0.2) is 23.3 Å². The van der Waals surface area contributed by atoms with Crippen molar-refractivity contribution in [1.29, 1.82) is 5.53 Å². The van der Waals surface area contributed by atoms with Gasteiger partial charge in [0.1, 0.15) is 5.69 Å². The second-order valence-corrected chi connectivity index (χ2v) is 2.12. The molecule has 0 aliphatic heterocycles. The van der Waals surface area contributed by atoms with Crippen molar-refractivity contribution in [2.24, 2.45) is 5.11 Å². The molecule has 0 heterocycles. The molecule has 1 aromatic carbocycles. The van der Waals surface area contributed by atoms with E-state index >= 15 is 0 Å². The lowest BCUT2D eigenvalue weighted by atomic mass is 10.2. The van der Waals surface area contributed by atoms with Crippen molar-refractivity contribution in [1.82, 2.24) is 0 Å². The third kappa shape index (κ3) is 2.34. The lowest BCUT2D eigenvalue weighted by Crippen LogP contribution is -1.85. The zero-order valence-electron chi connectivity index (χ0n) is 7.76. The van der Waals surface area contributed by atoms with Crippen LogP contribution >= 0.6 is 0 Å². The van der Waals surface area contributed by atoms with Gasteiger partial charge in [-0.3, -0.25) is 0 Å². The highest BCUT2D eigenvalue weighted by atomic mass is 15.0. The number of aryl methyl sites for hydroxylation is 1. The summed E-state index contributed by atoms with van der Waals surface area (Å²) >= 11 is 0. The maximum atomic E-state index is 6.77. The highest BCUT2D eigenvalue weighted by Crippen LogP contribution is 2.24. The fourth-order valence-electron chi connectivity index (χ4n) is 0.834. The average molecular weight is 167 g/mol. The van der Waals surface area contributed by atoms with Crippen molar-refractivity contribution < 1.29 is 1.43 Å². The van der Waals surface area contributed by atoms with Gasteiger partial charge in [-0.15, -0.1) is 0 Å². The molecule has 0 aliphatic carbocycles. The molecular formula is C9H17N3. The number of benzene rings is 1. The van der Waals surface area contributed by atoms with Crippen LogP contribution in [0.5, 0.6) is 0 Å². The fourth-order valence-corrected chi connectivity index (χ4v) is 0.834. The van der Waals surface area contributed by atoms with Gasteiger partial charge in [-0.05, 0) is 18.6 Å². The Balaban J connectivity index is 0. The first kappa shape index (κ1) is 10.6. The largest absolute Gasteiger partial charge is 0.397 e. The molecule has 0 unspecified atom stereocenters. The molecule has 0 fully saturated rings. The molecule has 68 valence electrons. The number of nitrogens with two attached hydrogens (primary N) is 1. The summed E-state index contributed by atoms with van der Waals surface area (Å²) in [5, 5.41) is 3.29. The molecule has 3 nitrogen and oxygen atoms in total. The summed E-state index contributed by atoms with van der Waals surface area (Å²) in [5.41, 5.74) is 14.4. The van der Waals surface area contributed by atoms with Crippen LogP contribution in [0.2, 0.25) is 0 Å². The van der Waals surface area contributed by atoms with E-state index in [-0.39, 0.29) is 1.43 Å².